The summed E-state index contributed by atoms with van der Waals surface area (Å²) in [4.78, 5) is 26.1. The molecule has 0 spiro atoms. The Balaban J connectivity index is 1.27. The number of hydrogen-bond donors (Lipinski definition) is 1. The van der Waals surface area contributed by atoms with Crippen molar-refractivity contribution in [2.24, 2.45) is 34.5 Å². The van der Waals surface area contributed by atoms with Crippen LogP contribution < -0.4 is 5.73 Å². The van der Waals surface area contributed by atoms with Crippen molar-refractivity contribution in [2.45, 2.75) is 91.1 Å². The van der Waals surface area contributed by atoms with Crippen LogP contribution >= 0.6 is 67.8 Å². The fourth-order valence-electron chi connectivity index (χ4n) is 8.24. The molecule has 0 saturated heterocycles. The van der Waals surface area contributed by atoms with Crippen LogP contribution in [0.5, 0.6) is 0 Å². The third-order valence-electron chi connectivity index (χ3n) is 10.6. The Morgan fingerprint density at radius 3 is 2.54 bits per heavy atom. The van der Waals surface area contributed by atoms with Gasteiger partial charge in [0.25, 0.3) is 0 Å². The number of rotatable bonds is 5. The van der Waals surface area contributed by atoms with Crippen molar-refractivity contribution in [3.8, 4) is 0 Å². The number of fused-ring (bicyclic) bond motifs is 5. The third-order valence-corrected chi connectivity index (χ3v) is 13.7. The summed E-state index contributed by atoms with van der Waals surface area (Å²) in [6, 6.07) is 2.10. The van der Waals surface area contributed by atoms with Gasteiger partial charge in [-0.25, -0.2) is 0 Å². The number of esters is 1. The molecule has 4 aliphatic carbocycles. The number of carbonyl (C=O) groups excluding carboxylic acids is 2. The van der Waals surface area contributed by atoms with Crippen molar-refractivity contribution < 1.29 is 14.3 Å². The summed E-state index contributed by atoms with van der Waals surface area (Å²) in [7, 11) is 0. The Kier molecular flexibility index (Phi) is 8.37. The Morgan fingerprint density at radius 2 is 1.81 bits per heavy atom. The summed E-state index contributed by atoms with van der Waals surface area (Å²) in [6.07, 6.45) is 11.9. The highest BCUT2D eigenvalue weighted by Crippen LogP contribution is 2.64. The zero-order valence-electron chi connectivity index (χ0n) is 22.0. The quantitative estimate of drug-likeness (QED) is 0.141. The Hall–Kier alpha value is 0.0900. The molecule has 0 aromatic heterocycles. The number of nitrogen functional groups attached to an aromatic ring is 1. The molecule has 3 fully saturated rings. The van der Waals surface area contributed by atoms with E-state index in [9.17, 15) is 9.59 Å². The molecule has 0 amide bonds. The van der Waals surface area contributed by atoms with Gasteiger partial charge in [0.2, 0.25) is 0 Å². The molecule has 1 aromatic rings. The molecule has 202 valence electrons. The number of benzene rings is 1. The lowest BCUT2D eigenvalue weighted by Gasteiger charge is -2.56. The lowest BCUT2D eigenvalue weighted by atomic mass is 9.48. The zero-order chi connectivity index (χ0) is 26.7. The minimum atomic E-state index is -0.157. The van der Waals surface area contributed by atoms with E-state index in [-0.39, 0.29) is 28.8 Å². The second-order valence-electron chi connectivity index (χ2n) is 12.3. The maximum Gasteiger partial charge on any atom is 0.309 e. The first-order valence-electron chi connectivity index (χ1n) is 13.8. The lowest BCUT2D eigenvalue weighted by molar-refractivity contribution is -0.156. The van der Waals surface area contributed by atoms with Gasteiger partial charge in [0.1, 0.15) is 11.9 Å². The van der Waals surface area contributed by atoms with Crippen LogP contribution in [-0.4, -0.2) is 17.9 Å². The first-order chi connectivity index (χ1) is 17.5. The van der Waals surface area contributed by atoms with E-state index >= 15 is 0 Å². The fourth-order valence-corrected chi connectivity index (χ4v) is 12.0. The van der Waals surface area contributed by atoms with E-state index < -0.39 is 0 Å². The second-order valence-corrected chi connectivity index (χ2v) is 15.7. The van der Waals surface area contributed by atoms with Crippen LogP contribution in [0.15, 0.2) is 17.7 Å². The average Bonchev–Trinajstić information content (AvgIpc) is 3.17. The molecular formula is C30H38I3NO3. The highest BCUT2D eigenvalue weighted by Gasteiger charge is 2.58. The molecule has 1 aromatic carbocycles. The number of ether oxygens (including phenoxy) is 1. The number of halogens is 3. The summed E-state index contributed by atoms with van der Waals surface area (Å²) in [5.41, 5.74) is 9.88. The highest BCUT2D eigenvalue weighted by molar-refractivity contribution is 14.1. The van der Waals surface area contributed by atoms with E-state index in [1.807, 2.05) is 0 Å². The van der Waals surface area contributed by atoms with Crippen molar-refractivity contribution in [3.63, 3.8) is 0 Å². The molecule has 37 heavy (non-hydrogen) atoms. The van der Waals surface area contributed by atoms with Crippen LogP contribution in [0.4, 0.5) is 5.69 Å². The van der Waals surface area contributed by atoms with Crippen LogP contribution in [0.2, 0.25) is 0 Å². The maximum absolute atomic E-state index is 13.4. The summed E-state index contributed by atoms with van der Waals surface area (Å²) in [5, 5.41) is 0. The number of carbonyl (C=O) groups is 2. The third kappa shape index (κ3) is 4.95. The van der Waals surface area contributed by atoms with Gasteiger partial charge in [-0.3, -0.25) is 9.59 Å². The molecule has 0 aliphatic heterocycles. The Bertz CT molecular complexity index is 1150. The molecule has 2 N–H and O–H groups in total. The normalized spacial score (nSPS) is 35.7. The van der Waals surface area contributed by atoms with E-state index in [1.165, 1.54) is 5.57 Å². The van der Waals surface area contributed by atoms with E-state index in [0.29, 0.717) is 30.0 Å². The molecule has 0 radical (unpaired) electrons. The molecule has 0 bridgehead atoms. The van der Waals surface area contributed by atoms with Crippen molar-refractivity contribution in [1.82, 2.24) is 0 Å². The highest BCUT2D eigenvalue weighted by atomic mass is 127. The van der Waals surface area contributed by atoms with Crippen LogP contribution in [0.1, 0.15) is 84.1 Å². The van der Waals surface area contributed by atoms with Gasteiger partial charge in [0.05, 0.1) is 11.6 Å². The smallest absolute Gasteiger partial charge is 0.309 e. The van der Waals surface area contributed by atoms with Gasteiger partial charge in [-0.15, -0.1) is 0 Å². The lowest BCUT2D eigenvalue weighted by Crippen LogP contribution is -2.50. The molecule has 7 atom stereocenters. The van der Waals surface area contributed by atoms with Crippen molar-refractivity contribution >= 4 is 85.2 Å². The maximum atomic E-state index is 13.4. The van der Waals surface area contributed by atoms with Gasteiger partial charge in [0.15, 0.2) is 0 Å². The number of ketones is 1. The van der Waals surface area contributed by atoms with Crippen LogP contribution in [0, 0.1) is 45.2 Å². The monoisotopic (exact) mass is 841 g/mol. The molecule has 7 heteroatoms. The molecule has 3 saturated carbocycles. The van der Waals surface area contributed by atoms with Gasteiger partial charge in [-0.1, -0.05) is 32.4 Å². The minimum Gasteiger partial charge on any atom is -0.462 e. The summed E-state index contributed by atoms with van der Waals surface area (Å²) >= 11 is 6.96. The van der Waals surface area contributed by atoms with Crippen molar-refractivity contribution in [2.75, 3.05) is 5.73 Å². The predicted octanol–water partition coefficient (Wildman–Crippen LogP) is 8.10. The summed E-state index contributed by atoms with van der Waals surface area (Å²) < 4.78 is 9.49. The number of allylic oxidation sites excluding steroid dienone is 1. The number of nitrogens with two attached hydrogens (primary N) is 1. The van der Waals surface area contributed by atoms with Crippen molar-refractivity contribution in [3.05, 3.63) is 34.0 Å². The molecule has 4 nitrogen and oxygen atoms in total. The predicted molar refractivity (Wildman–Crippen MR) is 173 cm³/mol. The first-order valence-corrected chi connectivity index (χ1v) is 17.1. The number of hydrogen-bond acceptors (Lipinski definition) is 4. The van der Waals surface area contributed by atoms with Crippen LogP contribution in [0.25, 0.3) is 0 Å². The topological polar surface area (TPSA) is 69.4 Å². The SMILES string of the molecule is CCC(Cc1c(I)cc(I)c(N)c1I)C(=O)O[C@H]1CC[C@@]2(C)C(=CCC3C2CC[C@]2(C)C(=O)CCC32)C1. The minimum absolute atomic E-state index is 0.0284. The van der Waals surface area contributed by atoms with Crippen molar-refractivity contribution in [1.29, 1.82) is 0 Å². The zero-order valence-corrected chi connectivity index (χ0v) is 28.5. The molecule has 4 unspecified atom stereocenters. The van der Waals surface area contributed by atoms with Crippen LogP contribution in [-0.2, 0) is 20.7 Å². The van der Waals surface area contributed by atoms with Gasteiger partial charge >= 0.3 is 5.97 Å². The van der Waals surface area contributed by atoms with Gasteiger partial charge in [0, 0.05) is 29.0 Å². The van der Waals surface area contributed by atoms with Gasteiger partial charge in [-0.05, 0) is 154 Å². The summed E-state index contributed by atoms with van der Waals surface area (Å²) in [6.45, 7) is 6.79. The average molecular weight is 841 g/mol. The number of Topliss-reactive ketones (excluding diaryl/α,β-unsaturated/α-hetero) is 1. The molecule has 4 aliphatic rings. The van der Waals surface area contributed by atoms with E-state index in [2.05, 4.69) is 101 Å². The summed E-state index contributed by atoms with van der Waals surface area (Å²) in [5.74, 6) is 2.13. The second kappa shape index (κ2) is 10.8. The molecule has 5 rings (SSSR count). The first kappa shape index (κ1) is 28.6. The van der Waals surface area contributed by atoms with E-state index in [1.54, 1.807) is 0 Å². The van der Waals surface area contributed by atoms with Crippen LogP contribution in [0.3, 0.4) is 0 Å². The Morgan fingerprint density at radius 1 is 1.11 bits per heavy atom. The van der Waals surface area contributed by atoms with E-state index in [0.717, 1.165) is 79.7 Å². The largest absolute Gasteiger partial charge is 0.462 e. The van der Waals surface area contributed by atoms with E-state index in [4.69, 9.17) is 10.5 Å². The fraction of sp³-hybridized carbons (Fsp3) is 0.667. The molecule has 0 heterocycles. The van der Waals surface area contributed by atoms with Gasteiger partial charge < -0.3 is 10.5 Å². The Labute approximate surface area is 262 Å². The van der Waals surface area contributed by atoms with Gasteiger partial charge in [-0.2, -0.15) is 0 Å². The standard InChI is InChI=1S/C30H38I3NO3/c1-4-16(13-20-23(31)15-24(32)27(34)26(20)33)28(36)37-18-9-11-29(2)17(14-18)5-6-19-21-7-8-25(35)30(21,3)12-10-22(19)29/h5,15-16,18-19,21-22H,4,6-14,34H2,1-3H3/t16?,18-,19?,21?,22?,29-,30-/m0/s1. The number of anilines is 1. The molecular weight excluding hydrogens is 803 g/mol.